The monoisotopic (exact) mass is 315 g/mol. The maximum absolute atomic E-state index is 12.0. The molecule has 3 N–H and O–H groups in total. The molecule has 0 aliphatic carbocycles. The molecule has 1 atom stereocenters. The number of benzene rings is 2. The number of carbonyl (C=O) groups is 1. The number of rotatable bonds is 6. The van der Waals surface area contributed by atoms with Gasteiger partial charge in [-0.2, -0.15) is 0 Å². The molecule has 0 spiro atoms. The van der Waals surface area contributed by atoms with E-state index in [0.717, 1.165) is 11.1 Å². The van der Waals surface area contributed by atoms with Crippen molar-refractivity contribution in [2.75, 3.05) is 6.61 Å². The highest BCUT2D eigenvalue weighted by atomic mass is 16.5. The topological polar surface area (TPSA) is 78.8 Å². The molecular weight excluding hydrogens is 294 g/mol. The van der Waals surface area contributed by atoms with Gasteiger partial charge in [-0.25, -0.2) is 4.79 Å². The molecule has 2 rings (SSSR count). The summed E-state index contributed by atoms with van der Waals surface area (Å²) in [5, 5.41) is 21.6. The van der Waals surface area contributed by atoms with Gasteiger partial charge in [0.2, 0.25) is 0 Å². The van der Waals surface area contributed by atoms with Gasteiger partial charge in [-0.1, -0.05) is 42.5 Å². The van der Waals surface area contributed by atoms with Gasteiger partial charge < -0.3 is 20.3 Å². The lowest BCUT2D eigenvalue weighted by molar-refractivity contribution is 0.111. The number of nitrogens with one attached hydrogen (secondary N) is 1. The molecular formula is C18H21NO4. The molecule has 0 aliphatic rings. The number of ether oxygens (including phenoxy) is 1. The molecule has 0 aromatic heterocycles. The third kappa shape index (κ3) is 5.30. The van der Waals surface area contributed by atoms with Gasteiger partial charge in [0.15, 0.2) is 0 Å². The molecule has 23 heavy (non-hydrogen) atoms. The van der Waals surface area contributed by atoms with E-state index >= 15 is 0 Å². The van der Waals surface area contributed by atoms with Crippen molar-refractivity contribution >= 4 is 6.09 Å². The zero-order valence-corrected chi connectivity index (χ0v) is 13.0. The predicted molar refractivity (Wildman–Crippen MR) is 87.1 cm³/mol. The predicted octanol–water partition coefficient (Wildman–Crippen LogP) is 2.61. The van der Waals surface area contributed by atoms with Crippen LogP contribution in [0.25, 0.3) is 0 Å². The third-order valence-corrected chi connectivity index (χ3v) is 3.50. The van der Waals surface area contributed by atoms with Gasteiger partial charge in [-0.3, -0.25) is 0 Å². The van der Waals surface area contributed by atoms with Gasteiger partial charge in [0.25, 0.3) is 0 Å². The number of aliphatic hydroxyl groups is 1. The van der Waals surface area contributed by atoms with Crippen molar-refractivity contribution < 1.29 is 19.7 Å². The normalized spacial score (nSPS) is 13.1. The van der Waals surface area contributed by atoms with Crippen molar-refractivity contribution in [2.24, 2.45) is 0 Å². The van der Waals surface area contributed by atoms with Gasteiger partial charge >= 0.3 is 6.09 Å². The van der Waals surface area contributed by atoms with E-state index in [1.807, 2.05) is 30.3 Å². The van der Waals surface area contributed by atoms with Crippen molar-refractivity contribution in [3.05, 3.63) is 65.7 Å². The highest BCUT2D eigenvalue weighted by molar-refractivity contribution is 5.68. The molecule has 0 radical (unpaired) electrons. The number of alkyl carbamates (subject to hydrolysis) is 1. The number of hydrogen-bond donors (Lipinski definition) is 3. The number of amides is 1. The second-order valence-electron chi connectivity index (χ2n) is 5.75. The summed E-state index contributed by atoms with van der Waals surface area (Å²) in [6.07, 6.45) is -0.159. The largest absolute Gasteiger partial charge is 0.508 e. The molecule has 0 fully saturated rings. The van der Waals surface area contributed by atoms with E-state index < -0.39 is 11.6 Å². The molecule has 0 bridgehead atoms. The first-order valence-electron chi connectivity index (χ1n) is 7.38. The van der Waals surface area contributed by atoms with Crippen LogP contribution in [0.5, 0.6) is 5.75 Å². The SMILES string of the molecule is C[C@@](CO)(Cc1ccc(O)cc1)NC(=O)OCc1ccccc1. The molecule has 0 aliphatic heterocycles. The first kappa shape index (κ1) is 16.8. The second kappa shape index (κ2) is 7.65. The molecule has 5 heteroatoms. The molecule has 0 heterocycles. The van der Waals surface area contributed by atoms with E-state index in [0.29, 0.717) is 6.42 Å². The maximum atomic E-state index is 12.0. The summed E-state index contributed by atoms with van der Waals surface area (Å²) in [4.78, 5) is 12.0. The van der Waals surface area contributed by atoms with Crippen LogP contribution in [0.2, 0.25) is 0 Å². The van der Waals surface area contributed by atoms with Gasteiger partial charge in [0, 0.05) is 0 Å². The molecule has 122 valence electrons. The van der Waals surface area contributed by atoms with Crippen molar-refractivity contribution in [3.8, 4) is 5.75 Å². The van der Waals surface area contributed by atoms with Crippen LogP contribution in [0.3, 0.4) is 0 Å². The fraction of sp³-hybridized carbons (Fsp3) is 0.278. The lowest BCUT2D eigenvalue weighted by Gasteiger charge is -2.28. The number of phenolic OH excluding ortho intramolecular Hbond substituents is 1. The number of phenols is 1. The Morgan fingerprint density at radius 2 is 1.74 bits per heavy atom. The summed E-state index contributed by atoms with van der Waals surface area (Å²) in [5.41, 5.74) is 0.944. The van der Waals surface area contributed by atoms with Crippen LogP contribution in [0.15, 0.2) is 54.6 Å². The van der Waals surface area contributed by atoms with E-state index in [2.05, 4.69) is 5.32 Å². The molecule has 0 unspecified atom stereocenters. The molecule has 2 aromatic rings. The zero-order valence-electron chi connectivity index (χ0n) is 13.0. The summed E-state index contributed by atoms with van der Waals surface area (Å²) >= 11 is 0. The van der Waals surface area contributed by atoms with Crippen LogP contribution in [0, 0.1) is 0 Å². The number of carbonyl (C=O) groups excluding carboxylic acids is 1. The Labute approximate surface area is 135 Å². The first-order chi connectivity index (χ1) is 11.0. The van der Waals surface area contributed by atoms with Crippen LogP contribution in [-0.2, 0) is 17.8 Å². The zero-order chi connectivity index (χ0) is 16.7. The average Bonchev–Trinajstić information content (AvgIpc) is 2.56. The van der Waals surface area contributed by atoms with Crippen molar-refractivity contribution in [1.82, 2.24) is 5.32 Å². The lowest BCUT2D eigenvalue weighted by Crippen LogP contribution is -2.50. The van der Waals surface area contributed by atoms with E-state index in [1.165, 1.54) is 0 Å². The van der Waals surface area contributed by atoms with Gasteiger partial charge in [-0.15, -0.1) is 0 Å². The van der Waals surface area contributed by atoms with Crippen molar-refractivity contribution in [3.63, 3.8) is 0 Å². The van der Waals surface area contributed by atoms with Crippen LogP contribution < -0.4 is 5.32 Å². The van der Waals surface area contributed by atoms with Gasteiger partial charge in [0.05, 0.1) is 12.1 Å². The fourth-order valence-electron chi connectivity index (χ4n) is 2.21. The van der Waals surface area contributed by atoms with E-state index in [4.69, 9.17) is 4.74 Å². The molecule has 0 saturated heterocycles. The van der Waals surface area contributed by atoms with Crippen molar-refractivity contribution in [1.29, 1.82) is 0 Å². The fourth-order valence-corrected chi connectivity index (χ4v) is 2.21. The number of hydrogen-bond acceptors (Lipinski definition) is 4. The summed E-state index contributed by atoms with van der Waals surface area (Å²) in [6.45, 7) is 1.69. The summed E-state index contributed by atoms with van der Waals surface area (Å²) < 4.78 is 5.18. The Morgan fingerprint density at radius 3 is 2.35 bits per heavy atom. The highest BCUT2D eigenvalue weighted by Crippen LogP contribution is 2.16. The van der Waals surface area contributed by atoms with Crippen LogP contribution in [0.1, 0.15) is 18.1 Å². The Hall–Kier alpha value is -2.53. The lowest BCUT2D eigenvalue weighted by atomic mass is 9.94. The molecule has 2 aromatic carbocycles. The summed E-state index contributed by atoms with van der Waals surface area (Å²) in [7, 11) is 0. The van der Waals surface area contributed by atoms with E-state index in [-0.39, 0.29) is 19.0 Å². The van der Waals surface area contributed by atoms with E-state index in [9.17, 15) is 15.0 Å². The Bertz CT molecular complexity index is 627. The van der Waals surface area contributed by atoms with Crippen LogP contribution in [0.4, 0.5) is 4.79 Å². The minimum atomic E-state index is -0.843. The Kier molecular flexibility index (Phi) is 5.60. The summed E-state index contributed by atoms with van der Waals surface area (Å²) in [5.74, 6) is 0.176. The molecule has 0 saturated carbocycles. The number of aliphatic hydroxyl groups excluding tert-OH is 1. The summed E-state index contributed by atoms with van der Waals surface area (Å²) in [6, 6.07) is 16.0. The minimum Gasteiger partial charge on any atom is -0.508 e. The number of aromatic hydroxyl groups is 1. The standard InChI is InChI=1S/C18H21NO4/c1-18(13-20,11-14-7-9-16(21)10-8-14)19-17(22)23-12-15-5-3-2-4-6-15/h2-10,20-21H,11-13H2,1H3,(H,19,22)/t18-/m0/s1. The molecule has 5 nitrogen and oxygen atoms in total. The Balaban J connectivity index is 1.91. The maximum Gasteiger partial charge on any atom is 0.407 e. The first-order valence-corrected chi connectivity index (χ1v) is 7.38. The molecule has 1 amide bonds. The van der Waals surface area contributed by atoms with Crippen LogP contribution >= 0.6 is 0 Å². The smallest absolute Gasteiger partial charge is 0.407 e. The van der Waals surface area contributed by atoms with Crippen LogP contribution in [-0.4, -0.2) is 28.5 Å². The second-order valence-corrected chi connectivity index (χ2v) is 5.75. The minimum absolute atomic E-state index is 0.174. The highest BCUT2D eigenvalue weighted by Gasteiger charge is 2.26. The Morgan fingerprint density at radius 1 is 1.09 bits per heavy atom. The van der Waals surface area contributed by atoms with Gasteiger partial charge in [-0.05, 0) is 36.6 Å². The van der Waals surface area contributed by atoms with E-state index in [1.54, 1.807) is 31.2 Å². The third-order valence-electron chi connectivity index (χ3n) is 3.50. The van der Waals surface area contributed by atoms with Crippen molar-refractivity contribution in [2.45, 2.75) is 25.5 Å². The van der Waals surface area contributed by atoms with Gasteiger partial charge in [0.1, 0.15) is 12.4 Å². The quantitative estimate of drug-likeness (QED) is 0.765. The average molecular weight is 315 g/mol.